The average molecular weight is 287 g/mol. The van der Waals surface area contributed by atoms with E-state index in [-0.39, 0.29) is 0 Å². The van der Waals surface area contributed by atoms with Crippen LogP contribution in [0.2, 0.25) is 0 Å². The quantitative estimate of drug-likeness (QED) is 0.814. The Morgan fingerprint density at radius 2 is 2.07 bits per heavy atom. The van der Waals surface area contributed by atoms with E-state index in [0.717, 1.165) is 10.2 Å². The third-order valence-electron chi connectivity index (χ3n) is 2.14. The SMILES string of the molecule is CNC(=S)Nc1ccc(C(C)C)cc1Br. The van der Waals surface area contributed by atoms with E-state index in [1.807, 2.05) is 6.07 Å². The summed E-state index contributed by atoms with van der Waals surface area (Å²) in [4.78, 5) is 0. The van der Waals surface area contributed by atoms with Crippen LogP contribution in [0.25, 0.3) is 0 Å². The highest BCUT2D eigenvalue weighted by atomic mass is 79.9. The molecule has 0 saturated heterocycles. The van der Waals surface area contributed by atoms with Gasteiger partial charge in [0, 0.05) is 11.5 Å². The van der Waals surface area contributed by atoms with Crippen LogP contribution in [0.15, 0.2) is 22.7 Å². The van der Waals surface area contributed by atoms with Gasteiger partial charge >= 0.3 is 0 Å². The van der Waals surface area contributed by atoms with Gasteiger partial charge in [-0.3, -0.25) is 0 Å². The predicted molar refractivity (Wildman–Crippen MR) is 73.5 cm³/mol. The largest absolute Gasteiger partial charge is 0.366 e. The first-order valence-corrected chi connectivity index (χ1v) is 6.03. The van der Waals surface area contributed by atoms with E-state index in [0.29, 0.717) is 11.0 Å². The van der Waals surface area contributed by atoms with E-state index < -0.39 is 0 Å². The van der Waals surface area contributed by atoms with Crippen molar-refractivity contribution in [1.82, 2.24) is 5.32 Å². The van der Waals surface area contributed by atoms with E-state index in [2.05, 4.69) is 52.5 Å². The lowest BCUT2D eigenvalue weighted by Gasteiger charge is -2.12. The molecular weight excluding hydrogens is 272 g/mol. The van der Waals surface area contributed by atoms with Crippen molar-refractivity contribution in [2.75, 3.05) is 12.4 Å². The van der Waals surface area contributed by atoms with Crippen LogP contribution in [-0.2, 0) is 0 Å². The molecule has 1 aromatic carbocycles. The summed E-state index contributed by atoms with van der Waals surface area (Å²) >= 11 is 8.56. The molecule has 0 spiro atoms. The fraction of sp³-hybridized carbons (Fsp3) is 0.364. The molecule has 82 valence electrons. The lowest BCUT2D eigenvalue weighted by Crippen LogP contribution is -2.24. The van der Waals surface area contributed by atoms with E-state index >= 15 is 0 Å². The maximum Gasteiger partial charge on any atom is 0.170 e. The zero-order valence-corrected chi connectivity index (χ0v) is 11.5. The second-order valence-corrected chi connectivity index (χ2v) is 4.86. The van der Waals surface area contributed by atoms with E-state index in [1.165, 1.54) is 5.56 Å². The van der Waals surface area contributed by atoms with Crippen LogP contribution in [0.3, 0.4) is 0 Å². The summed E-state index contributed by atoms with van der Waals surface area (Å²) in [6.07, 6.45) is 0. The standard InChI is InChI=1S/C11H15BrN2S/c1-7(2)8-4-5-10(9(12)6-8)14-11(15)13-3/h4-7H,1-3H3,(H2,13,14,15). The summed E-state index contributed by atoms with van der Waals surface area (Å²) < 4.78 is 1.03. The Morgan fingerprint density at radius 1 is 1.40 bits per heavy atom. The molecule has 0 heterocycles. The predicted octanol–water partition coefficient (Wildman–Crippen LogP) is 3.49. The van der Waals surface area contributed by atoms with Crippen molar-refractivity contribution < 1.29 is 0 Å². The Balaban J connectivity index is 2.88. The normalized spacial score (nSPS) is 10.2. The summed E-state index contributed by atoms with van der Waals surface area (Å²) in [5.74, 6) is 0.534. The molecule has 0 aliphatic rings. The monoisotopic (exact) mass is 286 g/mol. The molecule has 0 amide bonds. The van der Waals surface area contributed by atoms with Crippen molar-refractivity contribution >= 4 is 38.9 Å². The van der Waals surface area contributed by atoms with Gasteiger partial charge in [-0.15, -0.1) is 0 Å². The molecule has 0 saturated carbocycles. The maximum atomic E-state index is 5.04. The van der Waals surface area contributed by atoms with Gasteiger partial charge < -0.3 is 10.6 Å². The van der Waals surface area contributed by atoms with Gasteiger partial charge in [-0.25, -0.2) is 0 Å². The lowest BCUT2D eigenvalue weighted by atomic mass is 10.0. The van der Waals surface area contributed by atoms with Gasteiger partial charge in [0.15, 0.2) is 5.11 Å². The minimum atomic E-state index is 0.534. The molecule has 0 radical (unpaired) electrons. The molecule has 0 unspecified atom stereocenters. The Morgan fingerprint density at radius 3 is 2.53 bits per heavy atom. The summed E-state index contributed by atoms with van der Waals surface area (Å²) in [5.41, 5.74) is 2.29. The topological polar surface area (TPSA) is 24.1 Å². The number of rotatable bonds is 2. The lowest BCUT2D eigenvalue weighted by molar-refractivity contribution is 0.866. The van der Waals surface area contributed by atoms with Gasteiger partial charge in [-0.05, 0) is 51.8 Å². The van der Waals surface area contributed by atoms with Crippen LogP contribution in [0.4, 0.5) is 5.69 Å². The molecule has 0 atom stereocenters. The number of thiocarbonyl (C=S) groups is 1. The molecule has 2 N–H and O–H groups in total. The van der Waals surface area contributed by atoms with Crippen molar-refractivity contribution in [3.8, 4) is 0 Å². The van der Waals surface area contributed by atoms with E-state index in [4.69, 9.17) is 12.2 Å². The minimum absolute atomic E-state index is 0.534. The van der Waals surface area contributed by atoms with Gasteiger partial charge in [0.1, 0.15) is 0 Å². The Hall–Kier alpha value is -0.610. The fourth-order valence-corrected chi connectivity index (χ4v) is 1.78. The van der Waals surface area contributed by atoms with Crippen LogP contribution < -0.4 is 10.6 Å². The Labute approximate surface area is 105 Å². The summed E-state index contributed by atoms with van der Waals surface area (Å²) in [6.45, 7) is 4.35. The van der Waals surface area contributed by atoms with Crippen LogP contribution in [0.5, 0.6) is 0 Å². The molecule has 4 heteroatoms. The fourth-order valence-electron chi connectivity index (χ4n) is 1.18. The first kappa shape index (κ1) is 12.5. The molecule has 0 aliphatic carbocycles. The van der Waals surface area contributed by atoms with Gasteiger partial charge in [-0.1, -0.05) is 19.9 Å². The molecule has 1 aromatic rings. The van der Waals surface area contributed by atoms with Gasteiger partial charge in [0.25, 0.3) is 0 Å². The van der Waals surface area contributed by atoms with Crippen LogP contribution in [-0.4, -0.2) is 12.2 Å². The molecule has 15 heavy (non-hydrogen) atoms. The number of anilines is 1. The second kappa shape index (κ2) is 5.47. The maximum absolute atomic E-state index is 5.04. The highest BCUT2D eigenvalue weighted by molar-refractivity contribution is 9.10. The van der Waals surface area contributed by atoms with Crippen molar-refractivity contribution in [3.63, 3.8) is 0 Å². The summed E-state index contributed by atoms with van der Waals surface area (Å²) in [6, 6.07) is 6.25. The number of halogens is 1. The van der Waals surface area contributed by atoms with Crippen LogP contribution in [0, 0.1) is 0 Å². The van der Waals surface area contributed by atoms with E-state index in [1.54, 1.807) is 7.05 Å². The highest BCUT2D eigenvalue weighted by Crippen LogP contribution is 2.26. The number of hydrogen-bond acceptors (Lipinski definition) is 1. The zero-order chi connectivity index (χ0) is 11.4. The molecule has 0 aliphatic heterocycles. The number of benzene rings is 1. The first-order chi connectivity index (χ1) is 7.04. The molecule has 0 bridgehead atoms. The number of hydrogen-bond donors (Lipinski definition) is 2. The van der Waals surface area contributed by atoms with E-state index in [9.17, 15) is 0 Å². The van der Waals surface area contributed by atoms with Crippen LogP contribution >= 0.6 is 28.1 Å². The zero-order valence-electron chi connectivity index (χ0n) is 9.10. The molecular formula is C11H15BrN2S. The van der Waals surface area contributed by atoms with Crippen molar-refractivity contribution in [1.29, 1.82) is 0 Å². The Kier molecular flexibility index (Phi) is 4.54. The van der Waals surface area contributed by atoms with Gasteiger partial charge in [0.05, 0.1) is 5.69 Å². The van der Waals surface area contributed by atoms with Gasteiger partial charge in [0.2, 0.25) is 0 Å². The van der Waals surface area contributed by atoms with Crippen LogP contribution in [0.1, 0.15) is 25.3 Å². The highest BCUT2D eigenvalue weighted by Gasteiger charge is 2.04. The molecule has 0 aromatic heterocycles. The average Bonchev–Trinajstić information content (AvgIpc) is 2.20. The van der Waals surface area contributed by atoms with Crippen molar-refractivity contribution in [2.24, 2.45) is 0 Å². The smallest absolute Gasteiger partial charge is 0.170 e. The second-order valence-electron chi connectivity index (χ2n) is 3.60. The molecule has 0 fully saturated rings. The summed E-state index contributed by atoms with van der Waals surface area (Å²) in [5, 5.41) is 6.60. The number of nitrogens with one attached hydrogen (secondary N) is 2. The Bertz CT molecular complexity index is 364. The third-order valence-corrected chi connectivity index (χ3v) is 3.10. The molecule has 1 rings (SSSR count). The minimum Gasteiger partial charge on any atom is -0.366 e. The first-order valence-electron chi connectivity index (χ1n) is 4.82. The van der Waals surface area contributed by atoms with Gasteiger partial charge in [-0.2, -0.15) is 0 Å². The van der Waals surface area contributed by atoms with Crippen molar-refractivity contribution in [2.45, 2.75) is 19.8 Å². The van der Waals surface area contributed by atoms with Crippen molar-refractivity contribution in [3.05, 3.63) is 28.2 Å². The summed E-state index contributed by atoms with van der Waals surface area (Å²) in [7, 11) is 1.80. The molecule has 2 nitrogen and oxygen atoms in total. The third kappa shape index (κ3) is 3.47.